The van der Waals surface area contributed by atoms with E-state index in [0.717, 1.165) is 11.7 Å². The summed E-state index contributed by atoms with van der Waals surface area (Å²) in [6.45, 7) is 6.34. The summed E-state index contributed by atoms with van der Waals surface area (Å²) >= 11 is 0. The zero-order valence-corrected chi connectivity index (χ0v) is 14.2. The standard InChI is InChI=1S/C17H23N5O2/c1-10(2)17-21-15(22-24-17)9-19-16(23)13-6-7-14(18-8-13)20-11(3)12-4-5-12/h6-8,10-12H,4-5,9H2,1-3H3,(H,18,20)(H,19,23). The molecule has 0 saturated heterocycles. The van der Waals surface area contributed by atoms with Crippen molar-refractivity contribution >= 4 is 11.7 Å². The van der Waals surface area contributed by atoms with Gasteiger partial charge in [-0.2, -0.15) is 4.98 Å². The van der Waals surface area contributed by atoms with Crippen LogP contribution in [0.2, 0.25) is 0 Å². The van der Waals surface area contributed by atoms with E-state index in [1.807, 2.05) is 19.9 Å². The molecule has 0 radical (unpaired) electrons. The second-order valence-corrected chi connectivity index (χ2v) is 6.59. The van der Waals surface area contributed by atoms with Crippen LogP contribution >= 0.6 is 0 Å². The molecule has 7 nitrogen and oxygen atoms in total. The van der Waals surface area contributed by atoms with Gasteiger partial charge in [0, 0.05) is 18.2 Å². The molecule has 7 heteroatoms. The Morgan fingerprint density at radius 1 is 1.33 bits per heavy atom. The van der Waals surface area contributed by atoms with Crippen molar-refractivity contribution < 1.29 is 9.32 Å². The lowest BCUT2D eigenvalue weighted by atomic mass is 10.2. The van der Waals surface area contributed by atoms with Gasteiger partial charge in [-0.3, -0.25) is 4.79 Å². The summed E-state index contributed by atoms with van der Waals surface area (Å²) in [5, 5.41) is 9.98. The van der Waals surface area contributed by atoms with Gasteiger partial charge in [-0.1, -0.05) is 19.0 Å². The summed E-state index contributed by atoms with van der Waals surface area (Å²) in [6.07, 6.45) is 4.14. The maximum absolute atomic E-state index is 12.2. The molecular formula is C17H23N5O2. The maximum Gasteiger partial charge on any atom is 0.253 e. The molecule has 0 aromatic carbocycles. The van der Waals surface area contributed by atoms with Crippen LogP contribution in [0.1, 0.15) is 61.6 Å². The Balaban J connectivity index is 1.52. The van der Waals surface area contributed by atoms with Gasteiger partial charge in [-0.15, -0.1) is 0 Å². The number of carbonyl (C=O) groups excluding carboxylic acids is 1. The second-order valence-electron chi connectivity index (χ2n) is 6.59. The van der Waals surface area contributed by atoms with Gasteiger partial charge >= 0.3 is 0 Å². The lowest BCUT2D eigenvalue weighted by molar-refractivity contribution is 0.0949. The molecule has 1 aliphatic rings. The Bertz CT molecular complexity index is 691. The van der Waals surface area contributed by atoms with Crippen molar-refractivity contribution in [1.82, 2.24) is 20.4 Å². The van der Waals surface area contributed by atoms with Crippen molar-refractivity contribution in [3.8, 4) is 0 Å². The maximum atomic E-state index is 12.2. The largest absolute Gasteiger partial charge is 0.367 e. The first-order valence-electron chi connectivity index (χ1n) is 8.36. The van der Waals surface area contributed by atoms with Crippen LogP contribution in [0.4, 0.5) is 5.82 Å². The van der Waals surface area contributed by atoms with Gasteiger partial charge in [0.05, 0.1) is 12.1 Å². The molecule has 0 bridgehead atoms. The quantitative estimate of drug-likeness (QED) is 0.811. The van der Waals surface area contributed by atoms with Gasteiger partial charge in [0.15, 0.2) is 5.82 Å². The molecule has 0 aliphatic heterocycles. The Morgan fingerprint density at radius 3 is 2.71 bits per heavy atom. The fourth-order valence-electron chi connectivity index (χ4n) is 2.40. The molecule has 128 valence electrons. The highest BCUT2D eigenvalue weighted by atomic mass is 16.5. The highest BCUT2D eigenvalue weighted by Crippen LogP contribution is 2.33. The van der Waals surface area contributed by atoms with E-state index < -0.39 is 0 Å². The molecule has 1 aliphatic carbocycles. The normalized spacial score (nSPS) is 15.3. The van der Waals surface area contributed by atoms with Gasteiger partial charge in [0.1, 0.15) is 5.82 Å². The summed E-state index contributed by atoms with van der Waals surface area (Å²) in [6, 6.07) is 4.02. The zero-order valence-electron chi connectivity index (χ0n) is 14.2. The minimum absolute atomic E-state index is 0.171. The molecule has 1 unspecified atom stereocenters. The molecule has 2 aromatic heterocycles. The Hall–Kier alpha value is -2.44. The monoisotopic (exact) mass is 329 g/mol. The van der Waals surface area contributed by atoms with Crippen LogP contribution in [0.25, 0.3) is 0 Å². The van der Waals surface area contributed by atoms with Gasteiger partial charge in [0.2, 0.25) is 5.89 Å². The SMILES string of the molecule is CC(C)c1nc(CNC(=O)c2ccc(NC(C)C3CC3)nc2)no1. The predicted molar refractivity (Wildman–Crippen MR) is 89.6 cm³/mol. The fraction of sp³-hybridized carbons (Fsp3) is 0.529. The molecule has 2 aromatic rings. The molecule has 1 fully saturated rings. The highest BCUT2D eigenvalue weighted by Gasteiger charge is 2.27. The molecule has 3 rings (SSSR count). The Morgan fingerprint density at radius 2 is 2.12 bits per heavy atom. The number of pyridine rings is 1. The number of nitrogens with zero attached hydrogens (tertiary/aromatic N) is 3. The molecular weight excluding hydrogens is 306 g/mol. The van der Waals surface area contributed by atoms with Crippen molar-refractivity contribution in [1.29, 1.82) is 0 Å². The van der Waals surface area contributed by atoms with E-state index in [-0.39, 0.29) is 18.4 Å². The molecule has 1 saturated carbocycles. The number of aromatic nitrogens is 3. The van der Waals surface area contributed by atoms with Gasteiger partial charge < -0.3 is 15.2 Å². The summed E-state index contributed by atoms with van der Waals surface area (Å²) < 4.78 is 5.11. The first-order valence-corrected chi connectivity index (χ1v) is 8.36. The number of carbonyl (C=O) groups is 1. The van der Waals surface area contributed by atoms with Crippen LogP contribution in [-0.2, 0) is 6.54 Å². The molecule has 0 spiro atoms. The Kier molecular flexibility index (Phi) is 4.78. The summed E-state index contributed by atoms with van der Waals surface area (Å²) in [5.74, 6) is 2.55. The van der Waals surface area contributed by atoms with Crippen LogP contribution < -0.4 is 10.6 Å². The average Bonchev–Trinajstić information content (AvgIpc) is 3.31. The van der Waals surface area contributed by atoms with E-state index in [4.69, 9.17) is 4.52 Å². The molecule has 1 amide bonds. The summed E-state index contributed by atoms with van der Waals surface area (Å²) in [5.41, 5.74) is 0.507. The Labute approximate surface area is 141 Å². The van der Waals surface area contributed by atoms with Crippen LogP contribution in [0.15, 0.2) is 22.9 Å². The van der Waals surface area contributed by atoms with Crippen LogP contribution in [0.5, 0.6) is 0 Å². The van der Waals surface area contributed by atoms with E-state index in [9.17, 15) is 4.79 Å². The van der Waals surface area contributed by atoms with Crippen molar-refractivity contribution in [3.05, 3.63) is 35.6 Å². The number of nitrogens with one attached hydrogen (secondary N) is 2. The summed E-state index contributed by atoms with van der Waals surface area (Å²) in [4.78, 5) is 20.7. The molecule has 2 heterocycles. The lowest BCUT2D eigenvalue weighted by Gasteiger charge is -2.13. The van der Waals surface area contributed by atoms with Crippen molar-refractivity contribution in [2.45, 2.75) is 52.1 Å². The average molecular weight is 329 g/mol. The first kappa shape index (κ1) is 16.4. The lowest BCUT2D eigenvalue weighted by Crippen LogP contribution is -2.24. The topological polar surface area (TPSA) is 92.9 Å². The highest BCUT2D eigenvalue weighted by molar-refractivity contribution is 5.93. The molecule has 1 atom stereocenters. The van der Waals surface area contributed by atoms with Crippen molar-refractivity contribution in [2.75, 3.05) is 5.32 Å². The number of amides is 1. The third kappa shape index (κ3) is 4.10. The fourth-order valence-corrected chi connectivity index (χ4v) is 2.40. The number of hydrogen-bond donors (Lipinski definition) is 2. The zero-order chi connectivity index (χ0) is 17.1. The van der Waals surface area contributed by atoms with E-state index in [2.05, 4.69) is 32.7 Å². The minimum atomic E-state index is -0.208. The summed E-state index contributed by atoms with van der Waals surface area (Å²) in [7, 11) is 0. The van der Waals surface area contributed by atoms with Crippen LogP contribution in [0, 0.1) is 5.92 Å². The van der Waals surface area contributed by atoms with Crippen molar-refractivity contribution in [3.63, 3.8) is 0 Å². The van der Waals surface area contributed by atoms with Gasteiger partial charge in [0.25, 0.3) is 5.91 Å². The minimum Gasteiger partial charge on any atom is -0.367 e. The third-order valence-electron chi connectivity index (χ3n) is 4.12. The number of hydrogen-bond acceptors (Lipinski definition) is 6. The number of anilines is 1. The van der Waals surface area contributed by atoms with E-state index >= 15 is 0 Å². The van der Waals surface area contributed by atoms with Crippen molar-refractivity contribution in [2.24, 2.45) is 5.92 Å². The third-order valence-corrected chi connectivity index (χ3v) is 4.12. The van der Waals surface area contributed by atoms with E-state index in [1.165, 1.54) is 12.8 Å². The molecule has 24 heavy (non-hydrogen) atoms. The van der Waals surface area contributed by atoms with Gasteiger partial charge in [-0.25, -0.2) is 4.98 Å². The molecule has 2 N–H and O–H groups in total. The van der Waals surface area contributed by atoms with E-state index in [1.54, 1.807) is 12.3 Å². The second kappa shape index (κ2) is 6.98. The van der Waals surface area contributed by atoms with Crippen LogP contribution in [-0.4, -0.2) is 27.1 Å². The van der Waals surface area contributed by atoms with E-state index in [0.29, 0.717) is 23.3 Å². The van der Waals surface area contributed by atoms with Gasteiger partial charge in [-0.05, 0) is 37.8 Å². The number of rotatable bonds is 7. The smallest absolute Gasteiger partial charge is 0.253 e. The van der Waals surface area contributed by atoms with Crippen LogP contribution in [0.3, 0.4) is 0 Å². The predicted octanol–water partition coefficient (Wildman–Crippen LogP) is 2.73. The first-order chi connectivity index (χ1) is 11.5.